The normalized spacial score (nSPS) is 23.9. The minimum atomic E-state index is -0.157. The second-order valence-corrected chi connectivity index (χ2v) is 6.06. The fourth-order valence-electron chi connectivity index (χ4n) is 3.26. The molecule has 0 aromatic carbocycles. The van der Waals surface area contributed by atoms with Gasteiger partial charge in [-0.25, -0.2) is 0 Å². The Morgan fingerprint density at radius 2 is 2.10 bits per heavy atom. The van der Waals surface area contributed by atoms with Gasteiger partial charge in [0.05, 0.1) is 12.5 Å². The van der Waals surface area contributed by atoms with Crippen LogP contribution < -0.4 is 5.32 Å². The van der Waals surface area contributed by atoms with E-state index in [2.05, 4.69) is 5.32 Å². The quantitative estimate of drug-likeness (QED) is 0.746. The van der Waals surface area contributed by atoms with Gasteiger partial charge in [-0.1, -0.05) is 0 Å². The lowest BCUT2D eigenvalue weighted by molar-refractivity contribution is -0.137. The van der Waals surface area contributed by atoms with Crippen molar-refractivity contribution in [2.75, 3.05) is 53.5 Å². The molecule has 2 aliphatic rings. The van der Waals surface area contributed by atoms with Crippen LogP contribution in [-0.2, 0) is 14.3 Å². The monoisotopic (exact) mass is 297 g/mol. The average molecular weight is 297 g/mol. The highest BCUT2D eigenvalue weighted by molar-refractivity contribution is 5.89. The smallest absolute Gasteiger partial charge is 0.227 e. The van der Waals surface area contributed by atoms with Crippen LogP contribution in [0.15, 0.2) is 0 Å². The predicted molar refractivity (Wildman–Crippen MR) is 79.8 cm³/mol. The highest BCUT2D eigenvalue weighted by atomic mass is 16.5. The lowest BCUT2D eigenvalue weighted by Gasteiger charge is -2.33. The number of carbonyl (C=O) groups is 2. The number of piperidine rings is 1. The van der Waals surface area contributed by atoms with Crippen molar-refractivity contribution < 1.29 is 14.3 Å². The molecule has 0 aromatic rings. The average Bonchev–Trinajstić information content (AvgIpc) is 2.86. The SMILES string of the molecule is CNCC1CCN(C(=O)C2CC(=O)N(CCOC)C2)CC1. The number of ether oxygens (including phenoxy) is 1. The van der Waals surface area contributed by atoms with E-state index in [1.807, 2.05) is 11.9 Å². The molecular formula is C15H27N3O3. The van der Waals surface area contributed by atoms with E-state index < -0.39 is 0 Å². The fraction of sp³-hybridized carbons (Fsp3) is 0.867. The number of methoxy groups -OCH3 is 1. The molecule has 1 N–H and O–H groups in total. The van der Waals surface area contributed by atoms with Crippen LogP contribution in [0.3, 0.4) is 0 Å². The topological polar surface area (TPSA) is 61.9 Å². The predicted octanol–water partition coefficient (Wildman–Crippen LogP) is -0.0607. The lowest BCUT2D eigenvalue weighted by Crippen LogP contribution is -2.43. The van der Waals surface area contributed by atoms with Crippen LogP contribution in [0.4, 0.5) is 0 Å². The number of hydrogen-bond donors (Lipinski definition) is 1. The van der Waals surface area contributed by atoms with Crippen LogP contribution >= 0.6 is 0 Å². The molecular weight excluding hydrogens is 270 g/mol. The molecule has 2 aliphatic heterocycles. The van der Waals surface area contributed by atoms with Crippen molar-refractivity contribution in [2.24, 2.45) is 11.8 Å². The zero-order valence-corrected chi connectivity index (χ0v) is 13.1. The van der Waals surface area contributed by atoms with Crippen molar-refractivity contribution in [1.29, 1.82) is 0 Å². The van der Waals surface area contributed by atoms with Gasteiger partial charge >= 0.3 is 0 Å². The highest BCUT2D eigenvalue weighted by Crippen LogP contribution is 2.23. The number of carbonyl (C=O) groups excluding carboxylic acids is 2. The third kappa shape index (κ3) is 4.17. The van der Waals surface area contributed by atoms with Crippen LogP contribution in [0.2, 0.25) is 0 Å². The summed E-state index contributed by atoms with van der Waals surface area (Å²) in [6.45, 7) is 4.35. The molecule has 6 nitrogen and oxygen atoms in total. The van der Waals surface area contributed by atoms with Crippen LogP contribution in [0.1, 0.15) is 19.3 Å². The van der Waals surface area contributed by atoms with Gasteiger partial charge in [0.2, 0.25) is 11.8 Å². The highest BCUT2D eigenvalue weighted by Gasteiger charge is 2.37. The second kappa shape index (κ2) is 7.75. The van der Waals surface area contributed by atoms with E-state index in [0.717, 1.165) is 32.5 Å². The van der Waals surface area contributed by atoms with Crippen LogP contribution in [-0.4, -0.2) is 75.1 Å². The first-order valence-corrected chi connectivity index (χ1v) is 7.85. The van der Waals surface area contributed by atoms with Gasteiger partial charge in [0.25, 0.3) is 0 Å². The summed E-state index contributed by atoms with van der Waals surface area (Å²) >= 11 is 0. The molecule has 1 atom stereocenters. The van der Waals surface area contributed by atoms with Crippen molar-refractivity contribution in [3.63, 3.8) is 0 Å². The molecule has 6 heteroatoms. The van der Waals surface area contributed by atoms with E-state index in [1.54, 1.807) is 12.0 Å². The van der Waals surface area contributed by atoms with Gasteiger partial charge < -0.3 is 19.9 Å². The van der Waals surface area contributed by atoms with E-state index in [1.165, 1.54) is 0 Å². The molecule has 0 spiro atoms. The first-order valence-electron chi connectivity index (χ1n) is 7.85. The summed E-state index contributed by atoms with van der Waals surface area (Å²) in [5, 5.41) is 3.20. The summed E-state index contributed by atoms with van der Waals surface area (Å²) < 4.78 is 5.00. The van der Waals surface area contributed by atoms with E-state index in [9.17, 15) is 9.59 Å². The molecule has 2 rings (SSSR count). The zero-order valence-electron chi connectivity index (χ0n) is 13.1. The first-order chi connectivity index (χ1) is 10.2. The van der Waals surface area contributed by atoms with Crippen LogP contribution in [0, 0.1) is 11.8 Å². The third-order valence-electron chi connectivity index (χ3n) is 4.55. The Balaban J connectivity index is 1.80. The molecule has 2 fully saturated rings. The third-order valence-corrected chi connectivity index (χ3v) is 4.55. The summed E-state index contributed by atoms with van der Waals surface area (Å²) in [4.78, 5) is 28.1. The summed E-state index contributed by atoms with van der Waals surface area (Å²) in [5.74, 6) is 0.749. The van der Waals surface area contributed by atoms with Gasteiger partial charge in [0, 0.05) is 39.7 Å². The summed E-state index contributed by atoms with van der Waals surface area (Å²) in [7, 11) is 3.59. The standard InChI is InChI=1S/C15H27N3O3/c1-16-10-12-3-5-17(6-4-12)15(20)13-9-14(19)18(11-13)7-8-21-2/h12-13,16H,3-11H2,1-2H3. The number of likely N-dealkylation sites (tertiary alicyclic amines) is 2. The van der Waals surface area contributed by atoms with E-state index >= 15 is 0 Å². The van der Waals surface area contributed by atoms with Gasteiger partial charge in [0.1, 0.15) is 0 Å². The second-order valence-electron chi connectivity index (χ2n) is 6.06. The maximum Gasteiger partial charge on any atom is 0.227 e. The molecule has 0 bridgehead atoms. The van der Waals surface area contributed by atoms with E-state index in [4.69, 9.17) is 4.74 Å². The molecule has 0 saturated carbocycles. The molecule has 1 unspecified atom stereocenters. The van der Waals surface area contributed by atoms with Crippen molar-refractivity contribution in [3.05, 3.63) is 0 Å². The van der Waals surface area contributed by atoms with Crippen molar-refractivity contribution >= 4 is 11.8 Å². The Morgan fingerprint density at radius 1 is 1.38 bits per heavy atom. The summed E-state index contributed by atoms with van der Waals surface area (Å²) in [6, 6.07) is 0. The molecule has 21 heavy (non-hydrogen) atoms. The minimum absolute atomic E-state index is 0.0791. The van der Waals surface area contributed by atoms with Gasteiger partial charge in [-0.3, -0.25) is 9.59 Å². The van der Waals surface area contributed by atoms with E-state index in [-0.39, 0.29) is 17.7 Å². The van der Waals surface area contributed by atoms with Crippen molar-refractivity contribution in [2.45, 2.75) is 19.3 Å². The molecule has 0 aromatic heterocycles. The minimum Gasteiger partial charge on any atom is -0.383 e. The number of nitrogens with one attached hydrogen (secondary N) is 1. The maximum atomic E-state index is 12.5. The number of nitrogens with zero attached hydrogens (tertiary/aromatic N) is 2. The number of amides is 2. The van der Waals surface area contributed by atoms with Crippen LogP contribution in [0.5, 0.6) is 0 Å². The largest absolute Gasteiger partial charge is 0.383 e. The molecule has 2 saturated heterocycles. The Bertz CT molecular complexity index is 367. The van der Waals surface area contributed by atoms with E-state index in [0.29, 0.717) is 32.0 Å². The maximum absolute atomic E-state index is 12.5. The van der Waals surface area contributed by atoms with Gasteiger partial charge in [0.15, 0.2) is 0 Å². The van der Waals surface area contributed by atoms with Gasteiger partial charge in [-0.2, -0.15) is 0 Å². The summed E-state index contributed by atoms with van der Waals surface area (Å²) in [6.07, 6.45) is 2.47. The molecule has 2 amide bonds. The Labute approximate surface area is 126 Å². The molecule has 120 valence electrons. The van der Waals surface area contributed by atoms with Gasteiger partial charge in [-0.15, -0.1) is 0 Å². The molecule has 0 aliphatic carbocycles. The van der Waals surface area contributed by atoms with Gasteiger partial charge in [-0.05, 0) is 32.4 Å². The fourth-order valence-corrected chi connectivity index (χ4v) is 3.26. The molecule has 0 radical (unpaired) electrons. The Kier molecular flexibility index (Phi) is 5.99. The summed E-state index contributed by atoms with van der Waals surface area (Å²) in [5.41, 5.74) is 0. The van der Waals surface area contributed by atoms with Crippen molar-refractivity contribution in [1.82, 2.24) is 15.1 Å². The number of rotatable bonds is 6. The van der Waals surface area contributed by atoms with Crippen molar-refractivity contribution in [3.8, 4) is 0 Å². The Hall–Kier alpha value is -1.14. The number of hydrogen-bond acceptors (Lipinski definition) is 4. The zero-order chi connectivity index (χ0) is 15.2. The first kappa shape index (κ1) is 16.2. The molecule has 2 heterocycles. The lowest BCUT2D eigenvalue weighted by atomic mass is 9.95. The Morgan fingerprint density at radius 3 is 2.71 bits per heavy atom. The van der Waals surface area contributed by atoms with Crippen LogP contribution in [0.25, 0.3) is 0 Å².